The molecule has 1 heterocycles. The van der Waals surface area contributed by atoms with Crippen LogP contribution < -0.4 is 5.32 Å². The molecule has 1 fully saturated rings. The lowest BCUT2D eigenvalue weighted by Gasteiger charge is -2.33. The molecule has 7 heteroatoms. The van der Waals surface area contributed by atoms with E-state index in [0.717, 1.165) is 18.4 Å². The van der Waals surface area contributed by atoms with Crippen LogP contribution in [-0.4, -0.2) is 62.8 Å². The SMILES string of the molecule is CCCCNC(=O)CN1CCN(S(=O)(=O)c2ccc(C(C)C)cc2)CC1. The number of sulfonamides is 1. The Bertz CT molecular complexity index is 678. The molecule has 0 atom stereocenters. The zero-order chi connectivity index (χ0) is 19.2. The number of hydrogen-bond acceptors (Lipinski definition) is 4. The first-order valence-electron chi connectivity index (χ1n) is 9.43. The van der Waals surface area contributed by atoms with Crippen molar-refractivity contribution in [2.45, 2.75) is 44.4 Å². The number of nitrogens with zero attached hydrogens (tertiary/aromatic N) is 2. The molecule has 0 spiro atoms. The highest BCUT2D eigenvalue weighted by Gasteiger charge is 2.29. The van der Waals surface area contributed by atoms with Gasteiger partial charge >= 0.3 is 0 Å². The molecular weight excluding hydrogens is 350 g/mol. The predicted octanol–water partition coefficient (Wildman–Crippen LogP) is 2.03. The molecule has 26 heavy (non-hydrogen) atoms. The van der Waals surface area contributed by atoms with E-state index in [1.807, 2.05) is 17.0 Å². The van der Waals surface area contributed by atoms with Crippen LogP contribution in [0.4, 0.5) is 0 Å². The number of carbonyl (C=O) groups excluding carboxylic acids is 1. The van der Waals surface area contributed by atoms with Crippen LogP contribution in [0.2, 0.25) is 0 Å². The van der Waals surface area contributed by atoms with Gasteiger partial charge in [-0.15, -0.1) is 0 Å². The van der Waals surface area contributed by atoms with Crippen LogP contribution in [0.25, 0.3) is 0 Å². The first-order valence-corrected chi connectivity index (χ1v) is 10.9. The van der Waals surface area contributed by atoms with Crippen LogP contribution in [0.15, 0.2) is 29.2 Å². The maximum atomic E-state index is 12.8. The first-order chi connectivity index (χ1) is 12.3. The van der Waals surface area contributed by atoms with Gasteiger partial charge in [-0.3, -0.25) is 9.69 Å². The van der Waals surface area contributed by atoms with E-state index < -0.39 is 10.0 Å². The molecule has 1 aromatic rings. The highest BCUT2D eigenvalue weighted by molar-refractivity contribution is 7.89. The van der Waals surface area contributed by atoms with Crippen molar-refractivity contribution < 1.29 is 13.2 Å². The average Bonchev–Trinajstić information content (AvgIpc) is 2.62. The third-order valence-corrected chi connectivity index (χ3v) is 6.65. The maximum absolute atomic E-state index is 12.8. The second kappa shape index (κ2) is 9.48. The smallest absolute Gasteiger partial charge is 0.243 e. The summed E-state index contributed by atoms with van der Waals surface area (Å²) in [6.45, 7) is 9.27. The van der Waals surface area contributed by atoms with Crippen molar-refractivity contribution in [1.29, 1.82) is 0 Å². The Balaban J connectivity index is 1.89. The molecule has 0 aliphatic carbocycles. The quantitative estimate of drug-likeness (QED) is 0.700. The van der Waals surface area contributed by atoms with Gasteiger partial charge in [-0.25, -0.2) is 8.42 Å². The Morgan fingerprint density at radius 2 is 1.73 bits per heavy atom. The van der Waals surface area contributed by atoms with Crippen molar-refractivity contribution in [3.05, 3.63) is 29.8 Å². The molecule has 0 saturated carbocycles. The summed E-state index contributed by atoms with van der Waals surface area (Å²) in [6, 6.07) is 7.15. The van der Waals surface area contributed by atoms with Gasteiger partial charge in [-0.2, -0.15) is 4.31 Å². The number of unbranched alkanes of at least 4 members (excludes halogenated alkanes) is 1. The van der Waals surface area contributed by atoms with Crippen molar-refractivity contribution >= 4 is 15.9 Å². The van der Waals surface area contributed by atoms with E-state index in [2.05, 4.69) is 26.1 Å². The molecule has 1 aromatic carbocycles. The fourth-order valence-electron chi connectivity index (χ4n) is 2.97. The van der Waals surface area contributed by atoms with Gasteiger partial charge in [0.25, 0.3) is 0 Å². The number of hydrogen-bond donors (Lipinski definition) is 1. The Kier molecular flexibility index (Phi) is 7.61. The molecule has 0 bridgehead atoms. The Morgan fingerprint density at radius 1 is 1.12 bits per heavy atom. The lowest BCUT2D eigenvalue weighted by atomic mass is 10.0. The van der Waals surface area contributed by atoms with Gasteiger partial charge in [0.2, 0.25) is 15.9 Å². The van der Waals surface area contributed by atoms with Gasteiger partial charge in [-0.1, -0.05) is 39.3 Å². The van der Waals surface area contributed by atoms with Crippen molar-refractivity contribution in [2.75, 3.05) is 39.3 Å². The summed E-state index contributed by atoms with van der Waals surface area (Å²) in [7, 11) is -3.47. The summed E-state index contributed by atoms with van der Waals surface area (Å²) >= 11 is 0. The predicted molar refractivity (Wildman–Crippen MR) is 104 cm³/mol. The van der Waals surface area contributed by atoms with E-state index in [9.17, 15) is 13.2 Å². The Labute approximate surface area is 157 Å². The molecular formula is C19H31N3O3S. The van der Waals surface area contributed by atoms with Crippen LogP contribution in [0.5, 0.6) is 0 Å². The lowest BCUT2D eigenvalue weighted by Crippen LogP contribution is -2.51. The van der Waals surface area contributed by atoms with Crippen LogP contribution in [0.1, 0.15) is 45.1 Å². The van der Waals surface area contributed by atoms with E-state index in [1.54, 1.807) is 12.1 Å². The topological polar surface area (TPSA) is 69.7 Å². The standard InChI is InChI=1S/C19H31N3O3S/c1-4-5-10-20-19(23)15-21-11-13-22(14-12-21)26(24,25)18-8-6-17(7-9-18)16(2)3/h6-9,16H,4-5,10-15H2,1-3H3,(H,20,23). The summed E-state index contributed by atoms with van der Waals surface area (Å²) in [4.78, 5) is 14.2. The molecule has 6 nitrogen and oxygen atoms in total. The van der Waals surface area contributed by atoms with Gasteiger partial charge in [0.05, 0.1) is 11.4 Å². The molecule has 1 N–H and O–H groups in total. The minimum Gasteiger partial charge on any atom is -0.355 e. The third kappa shape index (κ3) is 5.53. The molecule has 0 unspecified atom stereocenters. The van der Waals surface area contributed by atoms with Crippen molar-refractivity contribution in [2.24, 2.45) is 0 Å². The van der Waals surface area contributed by atoms with Gasteiger partial charge in [0, 0.05) is 32.7 Å². The van der Waals surface area contributed by atoms with Gasteiger partial charge in [-0.05, 0) is 30.0 Å². The van der Waals surface area contributed by atoms with Gasteiger partial charge < -0.3 is 5.32 Å². The highest BCUT2D eigenvalue weighted by atomic mass is 32.2. The summed E-state index contributed by atoms with van der Waals surface area (Å²) in [5.74, 6) is 0.387. The second-order valence-electron chi connectivity index (χ2n) is 7.11. The molecule has 1 amide bonds. The molecule has 1 saturated heterocycles. The number of carbonyl (C=O) groups is 1. The van der Waals surface area contributed by atoms with E-state index in [4.69, 9.17) is 0 Å². The minimum absolute atomic E-state index is 0.0130. The number of benzene rings is 1. The first kappa shape index (κ1) is 20.9. The van der Waals surface area contributed by atoms with Crippen LogP contribution in [-0.2, 0) is 14.8 Å². The second-order valence-corrected chi connectivity index (χ2v) is 9.05. The summed E-state index contributed by atoms with van der Waals surface area (Å²) in [5.41, 5.74) is 1.13. The maximum Gasteiger partial charge on any atom is 0.243 e. The lowest BCUT2D eigenvalue weighted by molar-refractivity contribution is -0.122. The Hall–Kier alpha value is -1.44. The fraction of sp³-hybridized carbons (Fsp3) is 0.632. The molecule has 0 radical (unpaired) electrons. The van der Waals surface area contributed by atoms with E-state index in [1.165, 1.54) is 4.31 Å². The van der Waals surface area contributed by atoms with Crippen molar-refractivity contribution in [1.82, 2.24) is 14.5 Å². The number of nitrogens with one attached hydrogen (secondary N) is 1. The van der Waals surface area contributed by atoms with Gasteiger partial charge in [0.1, 0.15) is 0 Å². The summed E-state index contributed by atoms with van der Waals surface area (Å²) in [6.07, 6.45) is 2.03. The monoisotopic (exact) mass is 381 g/mol. The molecule has 0 aromatic heterocycles. The zero-order valence-corrected chi connectivity index (χ0v) is 16.9. The molecule has 1 aliphatic rings. The summed E-state index contributed by atoms with van der Waals surface area (Å²) < 4.78 is 27.1. The molecule has 1 aliphatic heterocycles. The third-order valence-electron chi connectivity index (χ3n) is 4.74. The van der Waals surface area contributed by atoms with E-state index in [-0.39, 0.29) is 5.91 Å². The van der Waals surface area contributed by atoms with Crippen molar-refractivity contribution in [3.8, 4) is 0 Å². The van der Waals surface area contributed by atoms with E-state index in [0.29, 0.717) is 50.1 Å². The number of piperazine rings is 1. The minimum atomic E-state index is -3.47. The van der Waals surface area contributed by atoms with E-state index >= 15 is 0 Å². The van der Waals surface area contributed by atoms with Crippen LogP contribution in [0, 0.1) is 0 Å². The van der Waals surface area contributed by atoms with Gasteiger partial charge in [0.15, 0.2) is 0 Å². The Morgan fingerprint density at radius 3 is 2.27 bits per heavy atom. The average molecular weight is 382 g/mol. The van der Waals surface area contributed by atoms with Crippen molar-refractivity contribution in [3.63, 3.8) is 0 Å². The fourth-order valence-corrected chi connectivity index (χ4v) is 4.39. The highest BCUT2D eigenvalue weighted by Crippen LogP contribution is 2.21. The normalized spacial score (nSPS) is 16.8. The zero-order valence-electron chi connectivity index (χ0n) is 16.1. The number of rotatable bonds is 8. The number of amides is 1. The van der Waals surface area contributed by atoms with Crippen LogP contribution in [0.3, 0.4) is 0 Å². The summed E-state index contributed by atoms with van der Waals surface area (Å²) in [5, 5.41) is 2.90. The molecule has 146 valence electrons. The van der Waals surface area contributed by atoms with Crippen LogP contribution >= 0.6 is 0 Å². The largest absolute Gasteiger partial charge is 0.355 e. The molecule has 2 rings (SSSR count).